The Balaban J connectivity index is 1.48. The van der Waals surface area contributed by atoms with Gasteiger partial charge in [-0.2, -0.15) is 0 Å². The number of rotatable bonds is 7. The van der Waals surface area contributed by atoms with Crippen molar-refractivity contribution in [2.24, 2.45) is 0 Å². The topological polar surface area (TPSA) is 93.2 Å². The molecule has 4 aromatic rings. The van der Waals surface area contributed by atoms with E-state index < -0.39 is 0 Å². The maximum atomic E-state index is 12.9. The van der Waals surface area contributed by atoms with E-state index in [0.717, 1.165) is 11.1 Å². The molecule has 0 bridgehead atoms. The van der Waals surface area contributed by atoms with Crippen molar-refractivity contribution in [3.05, 3.63) is 114 Å². The van der Waals surface area contributed by atoms with Gasteiger partial charge in [0.15, 0.2) is 11.6 Å². The number of aryl methyl sites for hydroxylation is 1. The quantitative estimate of drug-likeness (QED) is 0.429. The summed E-state index contributed by atoms with van der Waals surface area (Å²) in [6.45, 7) is 2.18. The zero-order valence-corrected chi connectivity index (χ0v) is 18.0. The Bertz CT molecular complexity index is 1260. The van der Waals surface area contributed by atoms with Crippen molar-refractivity contribution >= 4 is 23.3 Å². The average Bonchev–Trinajstić information content (AvgIpc) is 2.86. The minimum atomic E-state index is -0.363. The standard InChI is InChI=1S/C26H22N4O3/c1-18-9-10-21(16-22(18)29-25(31)20-6-3-2-4-7-20)26(32)30-24-23(8-5-13-28-24)33-17-19-11-14-27-15-12-19/h2-16H,17H2,1H3,(H,29,31)(H,28,30,32). The van der Waals surface area contributed by atoms with E-state index in [1.165, 1.54) is 0 Å². The van der Waals surface area contributed by atoms with Crippen molar-refractivity contribution in [1.82, 2.24) is 9.97 Å². The summed E-state index contributed by atoms with van der Waals surface area (Å²) >= 11 is 0. The SMILES string of the molecule is Cc1ccc(C(=O)Nc2ncccc2OCc2ccncc2)cc1NC(=O)c1ccccc1. The number of aromatic nitrogens is 2. The first-order valence-electron chi connectivity index (χ1n) is 10.4. The van der Waals surface area contributed by atoms with Crippen LogP contribution in [0.4, 0.5) is 11.5 Å². The molecule has 0 fully saturated rings. The Morgan fingerprint density at radius 1 is 0.818 bits per heavy atom. The minimum absolute atomic E-state index is 0.243. The number of amides is 2. The molecule has 0 atom stereocenters. The molecule has 0 saturated carbocycles. The third kappa shape index (κ3) is 5.59. The number of pyridine rings is 2. The summed E-state index contributed by atoms with van der Waals surface area (Å²) < 4.78 is 5.84. The van der Waals surface area contributed by atoms with E-state index in [1.807, 2.05) is 25.1 Å². The van der Waals surface area contributed by atoms with Gasteiger partial charge in [0.25, 0.3) is 11.8 Å². The molecular formula is C26H22N4O3. The maximum Gasteiger partial charge on any atom is 0.256 e. The van der Waals surface area contributed by atoms with E-state index in [4.69, 9.17) is 4.74 Å². The summed E-state index contributed by atoms with van der Waals surface area (Å²) in [4.78, 5) is 33.7. The number of anilines is 2. The molecule has 0 unspecified atom stereocenters. The highest BCUT2D eigenvalue weighted by Gasteiger charge is 2.14. The molecule has 0 aliphatic rings. The summed E-state index contributed by atoms with van der Waals surface area (Å²) in [5, 5.41) is 5.67. The lowest BCUT2D eigenvalue weighted by Gasteiger charge is -2.13. The Kier molecular flexibility index (Phi) is 6.70. The van der Waals surface area contributed by atoms with E-state index >= 15 is 0 Å². The minimum Gasteiger partial charge on any atom is -0.485 e. The number of ether oxygens (including phenoxy) is 1. The molecule has 0 radical (unpaired) electrons. The Hall–Kier alpha value is -4.52. The van der Waals surface area contributed by atoms with Crippen molar-refractivity contribution in [2.75, 3.05) is 10.6 Å². The van der Waals surface area contributed by atoms with E-state index in [2.05, 4.69) is 20.6 Å². The Morgan fingerprint density at radius 2 is 1.58 bits per heavy atom. The van der Waals surface area contributed by atoms with E-state index in [-0.39, 0.29) is 11.8 Å². The molecule has 4 rings (SSSR count). The number of nitrogens with zero attached hydrogens (tertiary/aromatic N) is 2. The summed E-state index contributed by atoms with van der Waals surface area (Å²) in [7, 11) is 0. The van der Waals surface area contributed by atoms with Crippen LogP contribution in [0.25, 0.3) is 0 Å². The molecule has 7 heteroatoms. The molecule has 7 nitrogen and oxygen atoms in total. The molecule has 0 saturated heterocycles. The second kappa shape index (κ2) is 10.2. The molecule has 2 heterocycles. The monoisotopic (exact) mass is 438 g/mol. The molecule has 164 valence electrons. The molecule has 0 spiro atoms. The van der Waals surface area contributed by atoms with Crippen molar-refractivity contribution in [3.8, 4) is 5.75 Å². The molecule has 0 aliphatic carbocycles. The van der Waals surface area contributed by atoms with Crippen LogP contribution in [-0.4, -0.2) is 21.8 Å². The first kappa shape index (κ1) is 21.7. The van der Waals surface area contributed by atoms with Crippen LogP contribution in [-0.2, 0) is 6.61 Å². The summed E-state index contributed by atoms with van der Waals surface area (Å²) in [5.74, 6) is 0.157. The summed E-state index contributed by atoms with van der Waals surface area (Å²) in [5.41, 5.74) is 3.27. The molecule has 33 heavy (non-hydrogen) atoms. The van der Waals surface area contributed by atoms with E-state index in [1.54, 1.807) is 73.2 Å². The van der Waals surface area contributed by atoms with Crippen LogP contribution in [0.5, 0.6) is 5.75 Å². The second-order valence-electron chi connectivity index (χ2n) is 7.30. The van der Waals surface area contributed by atoms with Gasteiger partial charge in [-0.15, -0.1) is 0 Å². The van der Waals surface area contributed by atoms with Gasteiger partial charge in [-0.05, 0) is 66.6 Å². The molecule has 2 aromatic heterocycles. The van der Waals surface area contributed by atoms with Crippen LogP contribution < -0.4 is 15.4 Å². The highest BCUT2D eigenvalue weighted by Crippen LogP contribution is 2.24. The Labute approximate surface area is 191 Å². The van der Waals surface area contributed by atoms with Gasteiger partial charge in [-0.1, -0.05) is 24.3 Å². The van der Waals surface area contributed by atoms with Crippen molar-refractivity contribution in [1.29, 1.82) is 0 Å². The van der Waals surface area contributed by atoms with Crippen LogP contribution >= 0.6 is 0 Å². The smallest absolute Gasteiger partial charge is 0.256 e. The number of carbonyl (C=O) groups is 2. The van der Waals surface area contributed by atoms with Gasteiger partial charge in [-0.3, -0.25) is 14.6 Å². The van der Waals surface area contributed by atoms with Gasteiger partial charge in [-0.25, -0.2) is 4.98 Å². The Morgan fingerprint density at radius 3 is 2.36 bits per heavy atom. The first-order valence-corrected chi connectivity index (χ1v) is 10.4. The third-order valence-corrected chi connectivity index (χ3v) is 4.93. The van der Waals surface area contributed by atoms with E-state index in [0.29, 0.717) is 35.0 Å². The lowest BCUT2D eigenvalue weighted by Crippen LogP contribution is -2.16. The fraction of sp³-hybridized carbons (Fsp3) is 0.0769. The molecule has 2 N–H and O–H groups in total. The predicted octanol–water partition coefficient (Wildman–Crippen LogP) is 4.87. The molecule has 0 aliphatic heterocycles. The zero-order valence-electron chi connectivity index (χ0n) is 18.0. The van der Waals surface area contributed by atoms with Crippen molar-refractivity contribution in [2.45, 2.75) is 13.5 Å². The van der Waals surface area contributed by atoms with Gasteiger partial charge >= 0.3 is 0 Å². The highest BCUT2D eigenvalue weighted by molar-refractivity contribution is 6.07. The van der Waals surface area contributed by atoms with Gasteiger partial charge in [0.2, 0.25) is 0 Å². The molecular weight excluding hydrogens is 416 g/mol. The van der Waals surface area contributed by atoms with Crippen molar-refractivity contribution < 1.29 is 14.3 Å². The van der Waals surface area contributed by atoms with Gasteiger partial charge in [0.05, 0.1) is 0 Å². The summed E-state index contributed by atoms with van der Waals surface area (Å²) in [6.07, 6.45) is 4.96. The van der Waals surface area contributed by atoms with Crippen molar-refractivity contribution in [3.63, 3.8) is 0 Å². The first-order chi connectivity index (χ1) is 16.1. The van der Waals surface area contributed by atoms with Crippen LogP contribution in [0.15, 0.2) is 91.4 Å². The highest BCUT2D eigenvalue weighted by atomic mass is 16.5. The van der Waals surface area contributed by atoms with Crippen LogP contribution in [0, 0.1) is 6.92 Å². The number of hydrogen-bond acceptors (Lipinski definition) is 5. The second-order valence-corrected chi connectivity index (χ2v) is 7.30. The zero-order chi connectivity index (χ0) is 23.0. The van der Waals surface area contributed by atoms with Crippen LogP contribution in [0.1, 0.15) is 31.8 Å². The largest absolute Gasteiger partial charge is 0.485 e. The van der Waals surface area contributed by atoms with Gasteiger partial charge in [0.1, 0.15) is 6.61 Å². The fourth-order valence-electron chi connectivity index (χ4n) is 3.10. The maximum absolute atomic E-state index is 12.9. The number of hydrogen-bond donors (Lipinski definition) is 2. The fourth-order valence-corrected chi connectivity index (χ4v) is 3.10. The number of nitrogens with one attached hydrogen (secondary N) is 2. The van der Waals surface area contributed by atoms with E-state index in [9.17, 15) is 9.59 Å². The average molecular weight is 438 g/mol. The predicted molar refractivity (Wildman–Crippen MR) is 126 cm³/mol. The van der Waals surface area contributed by atoms with Gasteiger partial charge < -0.3 is 15.4 Å². The third-order valence-electron chi connectivity index (χ3n) is 4.93. The number of carbonyl (C=O) groups excluding carboxylic acids is 2. The summed E-state index contributed by atoms with van der Waals surface area (Å²) in [6, 6.07) is 21.2. The molecule has 2 aromatic carbocycles. The molecule has 2 amide bonds. The lowest BCUT2D eigenvalue weighted by molar-refractivity contribution is 0.101. The lowest BCUT2D eigenvalue weighted by atomic mass is 10.1. The number of benzene rings is 2. The normalized spacial score (nSPS) is 10.3. The van der Waals surface area contributed by atoms with Crippen LogP contribution in [0.2, 0.25) is 0 Å². The van der Waals surface area contributed by atoms with Crippen LogP contribution in [0.3, 0.4) is 0 Å². The van der Waals surface area contributed by atoms with Gasteiger partial charge in [0, 0.05) is 35.4 Å².